The molecule has 0 saturated carbocycles. The van der Waals surface area contributed by atoms with Gasteiger partial charge in [-0.1, -0.05) is 22.9 Å². The SMILES string of the molecule is Nc1cnc(Nc2ccc(C(F)(F)F)cc2Cl)s1. The van der Waals surface area contributed by atoms with Crippen LogP contribution >= 0.6 is 22.9 Å². The van der Waals surface area contributed by atoms with Crippen LogP contribution < -0.4 is 11.1 Å². The topological polar surface area (TPSA) is 50.9 Å². The Kier molecular flexibility index (Phi) is 3.36. The Morgan fingerprint density at radius 1 is 1.33 bits per heavy atom. The zero-order chi connectivity index (χ0) is 13.3. The molecule has 2 aromatic rings. The molecule has 96 valence electrons. The molecule has 3 nitrogen and oxygen atoms in total. The molecule has 0 aliphatic heterocycles. The predicted molar refractivity (Wildman–Crippen MR) is 66.3 cm³/mol. The average molecular weight is 294 g/mol. The quantitative estimate of drug-likeness (QED) is 0.875. The summed E-state index contributed by atoms with van der Waals surface area (Å²) < 4.78 is 37.3. The molecule has 0 spiro atoms. The number of nitrogens with one attached hydrogen (secondary N) is 1. The fourth-order valence-electron chi connectivity index (χ4n) is 1.25. The molecule has 1 aromatic carbocycles. The van der Waals surface area contributed by atoms with E-state index in [9.17, 15) is 13.2 Å². The van der Waals surface area contributed by atoms with E-state index in [0.717, 1.165) is 12.1 Å². The van der Waals surface area contributed by atoms with Gasteiger partial charge in [-0.3, -0.25) is 0 Å². The monoisotopic (exact) mass is 293 g/mol. The number of benzene rings is 1. The van der Waals surface area contributed by atoms with Crippen molar-refractivity contribution in [3.05, 3.63) is 35.0 Å². The second kappa shape index (κ2) is 4.66. The van der Waals surface area contributed by atoms with Crippen molar-refractivity contribution in [3.63, 3.8) is 0 Å². The molecule has 0 unspecified atom stereocenters. The third-order valence-corrected chi connectivity index (χ3v) is 3.12. The summed E-state index contributed by atoms with van der Waals surface area (Å²) in [6.07, 6.45) is -2.96. The van der Waals surface area contributed by atoms with Gasteiger partial charge >= 0.3 is 6.18 Å². The number of anilines is 3. The lowest BCUT2D eigenvalue weighted by Gasteiger charge is -2.10. The van der Waals surface area contributed by atoms with Gasteiger partial charge in [0, 0.05) is 0 Å². The largest absolute Gasteiger partial charge is 0.416 e. The number of aromatic nitrogens is 1. The fraction of sp³-hybridized carbons (Fsp3) is 0.100. The maximum Gasteiger partial charge on any atom is 0.416 e. The van der Waals surface area contributed by atoms with Crippen LogP contribution in [0.1, 0.15) is 5.56 Å². The minimum Gasteiger partial charge on any atom is -0.389 e. The number of thiazole rings is 1. The summed E-state index contributed by atoms with van der Waals surface area (Å²) >= 11 is 6.95. The summed E-state index contributed by atoms with van der Waals surface area (Å²) in [4.78, 5) is 3.92. The average Bonchev–Trinajstić information content (AvgIpc) is 2.65. The molecule has 0 atom stereocenters. The van der Waals surface area contributed by atoms with E-state index in [2.05, 4.69) is 10.3 Å². The first-order valence-electron chi connectivity index (χ1n) is 4.71. The summed E-state index contributed by atoms with van der Waals surface area (Å²) in [6, 6.07) is 3.06. The Morgan fingerprint density at radius 3 is 2.56 bits per heavy atom. The molecule has 3 N–H and O–H groups in total. The number of hydrogen-bond acceptors (Lipinski definition) is 4. The number of alkyl halides is 3. The van der Waals surface area contributed by atoms with Crippen LogP contribution in [0.15, 0.2) is 24.4 Å². The van der Waals surface area contributed by atoms with Crippen molar-refractivity contribution in [2.45, 2.75) is 6.18 Å². The zero-order valence-electron chi connectivity index (χ0n) is 8.75. The molecule has 0 aliphatic carbocycles. The second-order valence-electron chi connectivity index (χ2n) is 3.39. The predicted octanol–water partition coefficient (Wildman–Crippen LogP) is 4.14. The van der Waals surface area contributed by atoms with E-state index in [1.807, 2.05) is 0 Å². The normalized spacial score (nSPS) is 11.6. The first-order valence-corrected chi connectivity index (χ1v) is 5.91. The van der Waals surface area contributed by atoms with Crippen molar-refractivity contribution in [2.24, 2.45) is 0 Å². The van der Waals surface area contributed by atoms with Crippen LogP contribution in [0.25, 0.3) is 0 Å². The molecule has 0 amide bonds. The van der Waals surface area contributed by atoms with Crippen LogP contribution in [-0.4, -0.2) is 4.98 Å². The Bertz CT molecular complexity index is 568. The van der Waals surface area contributed by atoms with Crippen molar-refractivity contribution in [1.82, 2.24) is 4.98 Å². The van der Waals surface area contributed by atoms with Crippen LogP contribution in [0.3, 0.4) is 0 Å². The van der Waals surface area contributed by atoms with Gasteiger partial charge in [-0.25, -0.2) is 4.98 Å². The van der Waals surface area contributed by atoms with Gasteiger partial charge in [0.05, 0.1) is 22.5 Å². The van der Waals surface area contributed by atoms with Gasteiger partial charge in [0.2, 0.25) is 0 Å². The van der Waals surface area contributed by atoms with E-state index in [4.69, 9.17) is 17.3 Å². The van der Waals surface area contributed by atoms with Gasteiger partial charge < -0.3 is 11.1 Å². The van der Waals surface area contributed by atoms with Gasteiger partial charge in [-0.15, -0.1) is 0 Å². The number of hydrogen-bond donors (Lipinski definition) is 2. The second-order valence-corrected chi connectivity index (χ2v) is 4.85. The summed E-state index contributed by atoms with van der Waals surface area (Å²) in [5.41, 5.74) is 5.04. The molecule has 0 fully saturated rings. The van der Waals surface area contributed by atoms with E-state index in [0.29, 0.717) is 15.8 Å². The molecule has 1 heterocycles. The maximum absolute atomic E-state index is 12.4. The van der Waals surface area contributed by atoms with Crippen LogP contribution in [0, 0.1) is 0 Å². The van der Waals surface area contributed by atoms with E-state index in [-0.39, 0.29) is 5.02 Å². The summed E-state index contributed by atoms with van der Waals surface area (Å²) in [5.74, 6) is 0. The number of nitrogens with two attached hydrogens (primary N) is 1. The molecule has 18 heavy (non-hydrogen) atoms. The molecule has 0 radical (unpaired) electrons. The smallest absolute Gasteiger partial charge is 0.389 e. The van der Waals surface area contributed by atoms with Gasteiger partial charge in [0.25, 0.3) is 0 Å². The first kappa shape index (κ1) is 13.0. The van der Waals surface area contributed by atoms with Crippen molar-refractivity contribution >= 4 is 38.8 Å². The molecule has 0 saturated heterocycles. The van der Waals surface area contributed by atoms with Crippen LogP contribution in [0.2, 0.25) is 5.02 Å². The van der Waals surface area contributed by atoms with Gasteiger partial charge in [0.1, 0.15) is 5.00 Å². The summed E-state index contributed by atoms with van der Waals surface area (Å²) in [7, 11) is 0. The fourth-order valence-corrected chi connectivity index (χ4v) is 2.08. The molecule has 0 bridgehead atoms. The van der Waals surface area contributed by atoms with Crippen LogP contribution in [-0.2, 0) is 6.18 Å². The third kappa shape index (κ3) is 2.85. The van der Waals surface area contributed by atoms with Crippen LogP contribution in [0.5, 0.6) is 0 Å². The molecule has 1 aromatic heterocycles. The third-order valence-electron chi connectivity index (χ3n) is 2.06. The number of rotatable bonds is 2. The van der Waals surface area contributed by atoms with Gasteiger partial charge in [-0.05, 0) is 18.2 Å². The number of nitrogens with zero attached hydrogens (tertiary/aromatic N) is 1. The van der Waals surface area contributed by atoms with E-state index in [1.54, 1.807) is 0 Å². The molecule has 2 rings (SSSR count). The van der Waals surface area contributed by atoms with Crippen molar-refractivity contribution in [2.75, 3.05) is 11.1 Å². The van der Waals surface area contributed by atoms with E-state index < -0.39 is 11.7 Å². The lowest BCUT2D eigenvalue weighted by Crippen LogP contribution is -2.05. The Balaban J connectivity index is 2.25. The van der Waals surface area contributed by atoms with Crippen molar-refractivity contribution in [1.29, 1.82) is 0 Å². The van der Waals surface area contributed by atoms with Gasteiger partial charge in [-0.2, -0.15) is 13.2 Å². The summed E-state index contributed by atoms with van der Waals surface area (Å²) in [6.45, 7) is 0. The highest BCUT2D eigenvalue weighted by atomic mass is 35.5. The standard InChI is InChI=1S/C10H7ClF3N3S/c11-6-3-5(10(12,13)14)1-2-7(6)17-9-16-4-8(15)18-9/h1-4H,15H2,(H,16,17). The highest BCUT2D eigenvalue weighted by Crippen LogP contribution is 2.35. The van der Waals surface area contributed by atoms with E-state index >= 15 is 0 Å². The number of halogens is 4. The zero-order valence-corrected chi connectivity index (χ0v) is 10.3. The highest BCUT2D eigenvalue weighted by molar-refractivity contribution is 7.19. The lowest BCUT2D eigenvalue weighted by atomic mass is 10.2. The van der Waals surface area contributed by atoms with Gasteiger partial charge in [0.15, 0.2) is 5.13 Å². The van der Waals surface area contributed by atoms with Crippen molar-refractivity contribution in [3.8, 4) is 0 Å². The highest BCUT2D eigenvalue weighted by Gasteiger charge is 2.30. The minimum atomic E-state index is -4.41. The first-order chi connectivity index (χ1) is 8.36. The van der Waals surface area contributed by atoms with Crippen molar-refractivity contribution < 1.29 is 13.2 Å². The molecular formula is C10H7ClF3N3S. The Labute approximate surface area is 109 Å². The molecule has 8 heteroatoms. The van der Waals surface area contributed by atoms with E-state index in [1.165, 1.54) is 23.6 Å². The number of nitrogen functional groups attached to an aromatic ring is 1. The maximum atomic E-state index is 12.4. The molecule has 0 aliphatic rings. The van der Waals surface area contributed by atoms with Crippen LogP contribution in [0.4, 0.5) is 29.0 Å². The summed E-state index contributed by atoms with van der Waals surface area (Å²) in [5, 5.41) is 3.74. The lowest BCUT2D eigenvalue weighted by molar-refractivity contribution is -0.137. The Morgan fingerprint density at radius 2 is 2.06 bits per heavy atom. The molecular weight excluding hydrogens is 287 g/mol. The Hall–Kier alpha value is -1.47. The minimum absolute atomic E-state index is 0.0291.